The summed E-state index contributed by atoms with van der Waals surface area (Å²) in [5.41, 5.74) is 5.41. The Bertz CT molecular complexity index is 758. The van der Waals surface area contributed by atoms with Crippen molar-refractivity contribution < 1.29 is 18.0 Å². The van der Waals surface area contributed by atoms with Gasteiger partial charge in [-0.05, 0) is 25.5 Å². The van der Waals surface area contributed by atoms with Crippen molar-refractivity contribution in [2.75, 3.05) is 13.1 Å². The van der Waals surface area contributed by atoms with Crippen LogP contribution in [0.25, 0.3) is 5.69 Å². The molecule has 0 spiro atoms. The second kappa shape index (κ2) is 7.05. The van der Waals surface area contributed by atoms with E-state index in [-0.39, 0.29) is 30.7 Å². The number of amides is 1. The Morgan fingerprint density at radius 2 is 1.92 bits per heavy atom. The fourth-order valence-corrected chi connectivity index (χ4v) is 2.80. The zero-order chi connectivity index (χ0) is 17.5. The summed E-state index contributed by atoms with van der Waals surface area (Å²) in [4.78, 5) is 13.8. The number of carbonyl (C=O) groups excluding carboxylic acids is 1. The Morgan fingerprint density at radius 3 is 2.44 bits per heavy atom. The Kier molecular flexibility index (Phi) is 5.43. The first-order valence-electron chi connectivity index (χ1n) is 7.54. The van der Waals surface area contributed by atoms with Crippen LogP contribution >= 0.6 is 12.4 Å². The zero-order valence-electron chi connectivity index (χ0n) is 13.5. The van der Waals surface area contributed by atoms with Gasteiger partial charge >= 0.3 is 6.18 Å². The van der Waals surface area contributed by atoms with Crippen LogP contribution in [-0.2, 0) is 6.18 Å². The number of aromatic nitrogens is 2. The van der Waals surface area contributed by atoms with Gasteiger partial charge in [0.05, 0.1) is 17.4 Å². The van der Waals surface area contributed by atoms with Crippen LogP contribution < -0.4 is 5.73 Å². The van der Waals surface area contributed by atoms with Gasteiger partial charge in [-0.1, -0.05) is 17.7 Å². The zero-order valence-corrected chi connectivity index (χ0v) is 14.3. The van der Waals surface area contributed by atoms with E-state index in [4.69, 9.17) is 5.73 Å². The van der Waals surface area contributed by atoms with Crippen LogP contribution in [-0.4, -0.2) is 39.7 Å². The molecule has 9 heteroatoms. The van der Waals surface area contributed by atoms with Crippen LogP contribution in [0.5, 0.6) is 0 Å². The van der Waals surface area contributed by atoms with Crippen LogP contribution in [0, 0.1) is 6.92 Å². The third-order valence-electron chi connectivity index (χ3n) is 4.06. The first-order valence-corrected chi connectivity index (χ1v) is 7.54. The van der Waals surface area contributed by atoms with Gasteiger partial charge in [0.1, 0.15) is 0 Å². The largest absolute Gasteiger partial charge is 0.434 e. The Morgan fingerprint density at radius 1 is 1.28 bits per heavy atom. The number of alkyl halides is 3. The molecule has 25 heavy (non-hydrogen) atoms. The van der Waals surface area contributed by atoms with Crippen molar-refractivity contribution in [2.45, 2.75) is 25.6 Å². The van der Waals surface area contributed by atoms with E-state index in [0.29, 0.717) is 13.0 Å². The van der Waals surface area contributed by atoms with Gasteiger partial charge in [-0.15, -0.1) is 12.4 Å². The fraction of sp³-hybridized carbons (Fsp3) is 0.375. The van der Waals surface area contributed by atoms with Crippen molar-refractivity contribution in [3.63, 3.8) is 0 Å². The van der Waals surface area contributed by atoms with Gasteiger partial charge in [0.2, 0.25) is 0 Å². The number of halogens is 4. The Hall–Kier alpha value is -2.06. The lowest BCUT2D eigenvalue weighted by molar-refractivity contribution is -0.143. The average molecular weight is 375 g/mol. The molecule has 0 radical (unpaired) electrons. The van der Waals surface area contributed by atoms with Gasteiger partial charge in [-0.25, -0.2) is 4.68 Å². The van der Waals surface area contributed by atoms with E-state index in [1.807, 2.05) is 6.92 Å². The minimum atomic E-state index is -4.70. The molecule has 1 fully saturated rings. The first kappa shape index (κ1) is 19.3. The van der Waals surface area contributed by atoms with E-state index in [1.165, 1.54) is 17.0 Å². The normalized spacial score (nSPS) is 17.5. The first-order chi connectivity index (χ1) is 11.3. The lowest BCUT2D eigenvalue weighted by Crippen LogP contribution is -2.33. The molecule has 1 saturated heterocycles. The van der Waals surface area contributed by atoms with Crippen LogP contribution in [0.1, 0.15) is 28.0 Å². The van der Waals surface area contributed by atoms with E-state index >= 15 is 0 Å². The maximum Gasteiger partial charge on any atom is 0.434 e. The van der Waals surface area contributed by atoms with Gasteiger partial charge in [0, 0.05) is 19.1 Å². The highest BCUT2D eigenvalue weighted by Crippen LogP contribution is 2.34. The number of nitrogens with zero attached hydrogens (tertiary/aromatic N) is 3. The van der Waals surface area contributed by atoms with Crippen molar-refractivity contribution in [3.05, 3.63) is 47.3 Å². The van der Waals surface area contributed by atoms with Gasteiger partial charge in [0.15, 0.2) is 5.69 Å². The number of nitrogens with two attached hydrogens (primary N) is 1. The average Bonchev–Trinajstić information content (AvgIpc) is 3.13. The van der Waals surface area contributed by atoms with Gasteiger partial charge in [0.25, 0.3) is 5.91 Å². The molecule has 1 aliphatic rings. The van der Waals surface area contributed by atoms with Gasteiger partial charge < -0.3 is 10.6 Å². The molecule has 1 amide bonds. The molecule has 1 aliphatic heterocycles. The molecule has 0 bridgehead atoms. The van der Waals surface area contributed by atoms with Crippen molar-refractivity contribution in [1.82, 2.24) is 14.7 Å². The smallest absolute Gasteiger partial charge is 0.337 e. The molecule has 1 aromatic carbocycles. The van der Waals surface area contributed by atoms with Crippen molar-refractivity contribution >= 4 is 18.3 Å². The molecule has 0 unspecified atom stereocenters. The van der Waals surface area contributed by atoms with Crippen LogP contribution in [0.2, 0.25) is 0 Å². The number of benzene rings is 1. The quantitative estimate of drug-likeness (QED) is 0.879. The summed E-state index contributed by atoms with van der Waals surface area (Å²) in [5, 5.41) is 3.81. The maximum atomic E-state index is 13.6. The van der Waals surface area contributed by atoms with Crippen molar-refractivity contribution in [1.29, 1.82) is 0 Å². The molecule has 3 rings (SSSR count). The Labute approximate surface area is 149 Å². The number of aryl methyl sites for hydroxylation is 1. The number of rotatable bonds is 2. The molecular weight excluding hydrogens is 357 g/mol. The highest BCUT2D eigenvalue weighted by Gasteiger charge is 2.42. The topological polar surface area (TPSA) is 64.2 Å². The van der Waals surface area contributed by atoms with Crippen LogP contribution in [0.4, 0.5) is 13.2 Å². The van der Waals surface area contributed by atoms with Gasteiger partial charge in [-0.2, -0.15) is 18.3 Å². The molecule has 1 atom stereocenters. The van der Waals surface area contributed by atoms with Crippen molar-refractivity contribution in [2.24, 2.45) is 5.73 Å². The molecule has 2 heterocycles. The summed E-state index contributed by atoms with van der Waals surface area (Å²) in [7, 11) is 0. The third kappa shape index (κ3) is 3.80. The molecule has 136 valence electrons. The molecule has 0 aliphatic carbocycles. The van der Waals surface area contributed by atoms with E-state index in [9.17, 15) is 18.0 Å². The summed E-state index contributed by atoms with van der Waals surface area (Å²) in [6.45, 7) is 2.45. The summed E-state index contributed by atoms with van der Waals surface area (Å²) < 4.78 is 41.5. The van der Waals surface area contributed by atoms with E-state index in [1.54, 1.807) is 12.1 Å². The monoisotopic (exact) mass is 374 g/mol. The lowest BCUT2D eigenvalue weighted by atomic mass is 10.2. The standard InChI is InChI=1S/C16H17F3N4O.ClH/c1-10-2-4-12(5-3-10)23-14(16(17,18)19)13(8-21-23)15(24)22-7-6-11(20)9-22;/h2-5,8,11H,6-7,9,20H2,1H3;1H/t11-;/m1./s1. The summed E-state index contributed by atoms with van der Waals surface area (Å²) in [5.74, 6) is -0.686. The fourth-order valence-electron chi connectivity index (χ4n) is 2.80. The number of likely N-dealkylation sites (tertiary alicyclic amines) is 1. The minimum absolute atomic E-state index is 0. The second-order valence-electron chi connectivity index (χ2n) is 5.95. The molecule has 0 saturated carbocycles. The maximum absolute atomic E-state index is 13.6. The molecule has 2 aromatic rings. The Balaban J connectivity index is 0.00000225. The molecule has 2 N–H and O–H groups in total. The predicted octanol–water partition coefficient (Wildman–Crippen LogP) is 2.79. The van der Waals surface area contributed by atoms with Crippen molar-refractivity contribution in [3.8, 4) is 5.69 Å². The molecule has 5 nitrogen and oxygen atoms in total. The predicted molar refractivity (Wildman–Crippen MR) is 89.0 cm³/mol. The molecular formula is C16H18ClF3N4O. The lowest BCUT2D eigenvalue weighted by Gasteiger charge is -2.17. The summed E-state index contributed by atoms with van der Waals surface area (Å²) in [6.07, 6.45) is -3.14. The SMILES string of the molecule is Cc1ccc(-n2ncc(C(=O)N3CC[C@@H](N)C3)c2C(F)(F)F)cc1.Cl. The summed E-state index contributed by atoms with van der Waals surface area (Å²) >= 11 is 0. The summed E-state index contributed by atoms with van der Waals surface area (Å²) in [6, 6.07) is 6.27. The van der Waals surface area contributed by atoms with Gasteiger partial charge in [-0.3, -0.25) is 4.79 Å². The van der Waals surface area contributed by atoms with E-state index in [0.717, 1.165) is 16.4 Å². The molecule has 1 aromatic heterocycles. The highest BCUT2D eigenvalue weighted by atomic mass is 35.5. The number of hydrogen-bond acceptors (Lipinski definition) is 3. The second-order valence-corrected chi connectivity index (χ2v) is 5.95. The highest BCUT2D eigenvalue weighted by molar-refractivity contribution is 5.95. The number of hydrogen-bond donors (Lipinski definition) is 1. The van der Waals surface area contributed by atoms with E-state index < -0.39 is 23.3 Å². The van der Waals surface area contributed by atoms with E-state index in [2.05, 4.69) is 5.10 Å². The van der Waals surface area contributed by atoms with Crippen LogP contribution in [0.15, 0.2) is 30.5 Å². The minimum Gasteiger partial charge on any atom is -0.337 e. The third-order valence-corrected chi connectivity index (χ3v) is 4.06. The van der Waals surface area contributed by atoms with Crippen LogP contribution in [0.3, 0.4) is 0 Å². The number of carbonyl (C=O) groups is 1.